The molecule has 0 saturated carbocycles. The van der Waals surface area contributed by atoms with E-state index in [4.69, 9.17) is 4.98 Å². The molecule has 0 atom stereocenters. The van der Waals surface area contributed by atoms with Gasteiger partial charge in [-0.15, -0.1) is 0 Å². The van der Waals surface area contributed by atoms with E-state index in [-0.39, 0.29) is 5.56 Å². The molecule has 0 saturated heterocycles. The summed E-state index contributed by atoms with van der Waals surface area (Å²) in [7, 11) is 0. The highest BCUT2D eigenvalue weighted by atomic mass is 16.1. The Bertz CT molecular complexity index is 2210. The van der Waals surface area contributed by atoms with Crippen LogP contribution in [0.1, 0.15) is 12.6 Å². The highest BCUT2D eigenvalue weighted by Gasteiger charge is 2.21. The molecule has 0 radical (unpaired) electrons. The maximum absolute atomic E-state index is 13.9. The minimum atomic E-state index is -0.0107. The lowest BCUT2D eigenvalue weighted by molar-refractivity contribution is 1.21. The summed E-state index contributed by atoms with van der Waals surface area (Å²) in [6, 6.07) is 30.1. The number of para-hydroxylation sites is 1. The third-order valence-corrected chi connectivity index (χ3v) is 7.41. The Kier molecular flexibility index (Phi) is 5.56. The third-order valence-electron chi connectivity index (χ3n) is 7.41. The van der Waals surface area contributed by atoms with Gasteiger partial charge in [0.05, 0.1) is 33.8 Å². The lowest BCUT2D eigenvalue weighted by Crippen LogP contribution is -2.12. The Morgan fingerprint density at radius 2 is 1.62 bits per heavy atom. The lowest BCUT2D eigenvalue weighted by Gasteiger charge is -2.13. The predicted octanol–water partition coefficient (Wildman–Crippen LogP) is 7.94. The molecule has 3 aromatic carbocycles. The van der Waals surface area contributed by atoms with Crippen LogP contribution in [-0.2, 0) is 0 Å². The maximum atomic E-state index is 13.9. The Morgan fingerprint density at radius 3 is 2.40 bits per heavy atom. The molecule has 0 spiro atoms. The first-order chi connectivity index (χ1) is 19.7. The number of fused-ring (bicyclic) bond motifs is 5. The molecule has 5 nitrogen and oxygen atoms in total. The molecule has 0 bridgehead atoms. The van der Waals surface area contributed by atoms with E-state index in [1.165, 1.54) is 0 Å². The number of aromatic nitrogens is 3. The molecule has 0 aliphatic heterocycles. The minimum Gasteiger partial charge on any atom is -0.275 e. The van der Waals surface area contributed by atoms with Gasteiger partial charge in [0.1, 0.15) is 0 Å². The maximum Gasteiger partial charge on any atom is 0.263 e. The second-order valence-electron chi connectivity index (χ2n) is 9.66. The first-order valence-electron chi connectivity index (χ1n) is 13.1. The number of pyridine rings is 3. The summed E-state index contributed by atoms with van der Waals surface area (Å²) in [4.78, 5) is 27.6. The molecule has 0 aliphatic rings. The SMILES string of the molecule is C=N/C(=C\C=C/C)c1cc(-c2ccc3c4ccccc4c(=O)n4c5ccccc5c2c34)cc(-c2ccccn2)n1. The van der Waals surface area contributed by atoms with Gasteiger partial charge in [0.2, 0.25) is 0 Å². The standard InChI is InChI=1S/C35H24N4O/c1-3-4-14-28(36-2)30-20-22(21-31(38-30)29-15-9-10-19-37-29)23-17-18-25-24-11-5-6-12-26(24)35(40)39-32-16-8-7-13-27(32)33(23)34(25)39/h3-21H,2H2,1H3/b4-3-,28-14-. The van der Waals surface area contributed by atoms with Crippen molar-refractivity contribution in [3.63, 3.8) is 0 Å². The van der Waals surface area contributed by atoms with Gasteiger partial charge < -0.3 is 0 Å². The first-order valence-corrected chi connectivity index (χ1v) is 13.1. The number of nitrogens with zero attached hydrogens (tertiary/aromatic N) is 4. The minimum absolute atomic E-state index is 0.0107. The third kappa shape index (κ3) is 3.56. The number of rotatable bonds is 5. The lowest BCUT2D eigenvalue weighted by atomic mass is 9.95. The highest BCUT2D eigenvalue weighted by molar-refractivity contribution is 6.24. The average Bonchev–Trinajstić information content (AvgIpc) is 3.36. The van der Waals surface area contributed by atoms with E-state index in [1.54, 1.807) is 6.20 Å². The van der Waals surface area contributed by atoms with Crippen molar-refractivity contribution < 1.29 is 0 Å². The van der Waals surface area contributed by atoms with E-state index in [2.05, 4.69) is 41.0 Å². The molecule has 0 fully saturated rings. The van der Waals surface area contributed by atoms with Crippen LogP contribution in [0.4, 0.5) is 0 Å². The summed E-state index contributed by atoms with van der Waals surface area (Å²) < 4.78 is 1.87. The molecule has 0 aliphatic carbocycles. The molecule has 4 aromatic heterocycles. The molecular weight excluding hydrogens is 492 g/mol. The van der Waals surface area contributed by atoms with E-state index in [9.17, 15) is 4.79 Å². The Balaban J connectivity index is 1.63. The zero-order valence-electron chi connectivity index (χ0n) is 21.9. The van der Waals surface area contributed by atoms with Crippen molar-refractivity contribution in [2.24, 2.45) is 4.99 Å². The van der Waals surface area contributed by atoms with Crippen molar-refractivity contribution in [1.82, 2.24) is 14.4 Å². The van der Waals surface area contributed by atoms with Crippen molar-refractivity contribution in [2.75, 3.05) is 0 Å². The summed E-state index contributed by atoms with van der Waals surface area (Å²) in [5, 5.41) is 4.78. The summed E-state index contributed by atoms with van der Waals surface area (Å²) >= 11 is 0. The van der Waals surface area contributed by atoms with Crippen molar-refractivity contribution in [1.29, 1.82) is 0 Å². The van der Waals surface area contributed by atoms with Gasteiger partial charge in [-0.05, 0) is 72.6 Å². The molecule has 40 heavy (non-hydrogen) atoms. The van der Waals surface area contributed by atoms with Gasteiger partial charge in [-0.3, -0.25) is 19.2 Å². The number of benzene rings is 3. The van der Waals surface area contributed by atoms with Crippen LogP contribution in [0.5, 0.6) is 0 Å². The summed E-state index contributed by atoms with van der Waals surface area (Å²) in [5.41, 5.74) is 6.63. The molecule has 0 N–H and O–H groups in total. The normalized spacial score (nSPS) is 12.4. The van der Waals surface area contributed by atoms with Gasteiger partial charge in [-0.25, -0.2) is 4.98 Å². The molecule has 0 amide bonds. The van der Waals surface area contributed by atoms with Crippen LogP contribution in [0, 0.1) is 0 Å². The fraction of sp³-hybridized carbons (Fsp3) is 0.0286. The van der Waals surface area contributed by atoms with Gasteiger partial charge in [0.15, 0.2) is 0 Å². The molecule has 190 valence electrons. The van der Waals surface area contributed by atoms with Crippen molar-refractivity contribution in [3.05, 3.63) is 131 Å². The second-order valence-corrected chi connectivity index (χ2v) is 9.66. The second kappa shape index (κ2) is 9.40. The fourth-order valence-corrected chi connectivity index (χ4v) is 5.66. The Morgan fingerprint density at radius 1 is 0.850 bits per heavy atom. The largest absolute Gasteiger partial charge is 0.275 e. The average molecular weight is 517 g/mol. The monoisotopic (exact) mass is 516 g/mol. The van der Waals surface area contributed by atoms with E-state index < -0.39 is 0 Å². The van der Waals surface area contributed by atoms with Crippen LogP contribution in [0.2, 0.25) is 0 Å². The molecular formula is C35H24N4O. The first kappa shape index (κ1) is 23.7. The number of aliphatic imine (C=N–C) groups is 1. The van der Waals surface area contributed by atoms with Crippen LogP contribution >= 0.6 is 0 Å². The summed E-state index contributed by atoms with van der Waals surface area (Å²) in [6.07, 6.45) is 7.54. The molecule has 0 unspecified atom stereocenters. The van der Waals surface area contributed by atoms with E-state index >= 15 is 0 Å². The van der Waals surface area contributed by atoms with Crippen molar-refractivity contribution in [2.45, 2.75) is 6.92 Å². The van der Waals surface area contributed by atoms with Crippen molar-refractivity contribution >= 4 is 50.4 Å². The number of allylic oxidation sites excluding steroid dienone is 3. The Labute approximate surface area is 230 Å². The van der Waals surface area contributed by atoms with Gasteiger partial charge in [0.25, 0.3) is 5.56 Å². The number of hydrogen-bond donors (Lipinski definition) is 0. The molecule has 4 heterocycles. The topological polar surface area (TPSA) is 59.6 Å². The zero-order valence-corrected chi connectivity index (χ0v) is 21.9. The van der Waals surface area contributed by atoms with Crippen molar-refractivity contribution in [3.8, 4) is 22.5 Å². The van der Waals surface area contributed by atoms with E-state index in [0.29, 0.717) is 16.8 Å². The summed E-state index contributed by atoms with van der Waals surface area (Å²) in [6.45, 7) is 5.76. The van der Waals surface area contributed by atoms with Gasteiger partial charge in [-0.2, -0.15) is 0 Å². The van der Waals surface area contributed by atoms with E-state index in [1.807, 2.05) is 96.3 Å². The Hall–Kier alpha value is -5.42. The van der Waals surface area contributed by atoms with Crippen LogP contribution < -0.4 is 5.56 Å². The quantitative estimate of drug-likeness (QED) is 0.133. The highest BCUT2D eigenvalue weighted by Crippen LogP contribution is 2.41. The van der Waals surface area contributed by atoms with Crippen LogP contribution in [0.25, 0.3) is 66.2 Å². The smallest absolute Gasteiger partial charge is 0.263 e. The molecule has 7 aromatic rings. The number of hydrogen-bond acceptors (Lipinski definition) is 4. The summed E-state index contributed by atoms with van der Waals surface area (Å²) in [5.74, 6) is 0. The fourth-order valence-electron chi connectivity index (χ4n) is 5.66. The van der Waals surface area contributed by atoms with Gasteiger partial charge in [0, 0.05) is 27.7 Å². The zero-order chi connectivity index (χ0) is 27.2. The van der Waals surface area contributed by atoms with E-state index in [0.717, 1.165) is 55.1 Å². The van der Waals surface area contributed by atoms with Crippen LogP contribution in [0.15, 0.2) is 125 Å². The molecule has 5 heteroatoms. The predicted molar refractivity (Wildman–Crippen MR) is 166 cm³/mol. The van der Waals surface area contributed by atoms with Gasteiger partial charge >= 0.3 is 0 Å². The van der Waals surface area contributed by atoms with Gasteiger partial charge in [-0.1, -0.05) is 66.7 Å². The molecule has 7 rings (SSSR count). The van der Waals surface area contributed by atoms with Crippen LogP contribution in [-0.4, -0.2) is 21.1 Å². The van der Waals surface area contributed by atoms with Crippen LogP contribution in [0.3, 0.4) is 0 Å².